The van der Waals surface area contributed by atoms with E-state index in [1.807, 2.05) is 0 Å². The molecule has 2 nitrogen and oxygen atoms in total. The summed E-state index contributed by atoms with van der Waals surface area (Å²) in [5, 5.41) is 5.40. The Hall–Kier alpha value is -0.101. The number of rotatable bonds is 0. The van der Waals surface area contributed by atoms with E-state index in [1.165, 1.54) is 0 Å². The summed E-state index contributed by atoms with van der Waals surface area (Å²) >= 11 is 0. The molecule has 3 heteroatoms. The third-order valence-electron chi connectivity index (χ3n) is 0. The number of nitrogens with one attached hydrogen (secondary N) is 1. The van der Waals surface area contributed by atoms with Crippen LogP contribution in [0.15, 0.2) is 0 Å². The van der Waals surface area contributed by atoms with E-state index in [4.69, 9.17) is 10.2 Å². The van der Waals surface area contributed by atoms with Crippen molar-refractivity contribution in [1.82, 2.24) is 0 Å². The van der Waals surface area contributed by atoms with Gasteiger partial charge in [0, 0.05) is 17.1 Å². The van der Waals surface area contributed by atoms with Crippen LogP contribution in [-0.2, 0) is 21.9 Å². The monoisotopic (exact) mass is 98.9 g/mol. The van der Waals surface area contributed by atoms with Crippen molar-refractivity contribution < 1.29 is 21.9 Å². The normalized spacial score (nSPS) is 2.00. The number of hydrogen-bond donors (Lipinski definition) is 1. The molecule has 0 radical (unpaired) electrons. The van der Waals surface area contributed by atoms with Crippen molar-refractivity contribution >= 4 is 6.08 Å². The van der Waals surface area contributed by atoms with Crippen molar-refractivity contribution in [2.24, 2.45) is 0 Å². The minimum Gasteiger partial charge on any atom is -0.222 e. The average Bonchev–Trinajstić information content (AvgIpc) is 0.918. The van der Waals surface area contributed by atoms with Gasteiger partial charge >= 0.3 is 0 Å². The molecule has 0 aromatic carbocycles. The second-order valence-electron chi connectivity index (χ2n) is 0.102. The molecule has 24 valence electrons. The first kappa shape index (κ1) is 9.09. The fourth-order valence-corrected chi connectivity index (χ4v) is 0. The first-order valence-electron chi connectivity index (χ1n) is 0.454. The van der Waals surface area contributed by atoms with Crippen molar-refractivity contribution in [3.63, 3.8) is 0 Å². The summed E-state index contributed by atoms with van der Waals surface area (Å²) in [6.45, 7) is 0. The van der Waals surface area contributed by atoms with Gasteiger partial charge in [-0.15, -0.1) is 0 Å². The van der Waals surface area contributed by atoms with E-state index in [9.17, 15) is 0 Å². The predicted molar refractivity (Wildman–Crippen MR) is 8.41 cm³/mol. The van der Waals surface area contributed by atoms with E-state index in [-0.39, 0.29) is 17.1 Å². The molecule has 0 aliphatic heterocycles. The van der Waals surface area contributed by atoms with Crippen LogP contribution in [0.2, 0.25) is 0 Å². The molecule has 0 saturated carbocycles. The van der Waals surface area contributed by atoms with Crippen LogP contribution in [0.3, 0.4) is 0 Å². The van der Waals surface area contributed by atoms with E-state index in [2.05, 4.69) is 0 Å². The SMILES string of the molecule is N=C=O.[Fe]. The molecule has 0 spiro atoms. The van der Waals surface area contributed by atoms with Gasteiger partial charge < -0.3 is 0 Å². The van der Waals surface area contributed by atoms with Crippen LogP contribution in [0.4, 0.5) is 0 Å². The largest absolute Gasteiger partial charge is 0.231 e. The second-order valence-corrected chi connectivity index (χ2v) is 0.102. The first-order chi connectivity index (χ1) is 1.41. The molecular formula is CHFeNO. The molecule has 0 fully saturated rings. The van der Waals surface area contributed by atoms with Crippen LogP contribution in [0, 0.1) is 5.41 Å². The van der Waals surface area contributed by atoms with Crippen molar-refractivity contribution in [1.29, 1.82) is 5.41 Å². The molecule has 1 N–H and O–H groups in total. The minimum absolute atomic E-state index is 0. The molecule has 0 heterocycles. The summed E-state index contributed by atoms with van der Waals surface area (Å²) in [4.78, 5) is 8.35. The Morgan fingerprint density at radius 3 is 1.75 bits per heavy atom. The third kappa shape index (κ3) is 152. The van der Waals surface area contributed by atoms with Crippen LogP contribution in [0.1, 0.15) is 0 Å². The molecule has 4 heavy (non-hydrogen) atoms. The Bertz CT molecular complexity index is 29.0. The van der Waals surface area contributed by atoms with Gasteiger partial charge in [0.25, 0.3) is 0 Å². The predicted octanol–water partition coefficient (Wildman–Crippen LogP) is -0.102. The maximum absolute atomic E-state index is 8.35. The Kier molecular flexibility index (Phi) is 29.4. The molecule has 0 bridgehead atoms. The summed E-state index contributed by atoms with van der Waals surface area (Å²) in [7, 11) is 0. The van der Waals surface area contributed by atoms with Gasteiger partial charge in [-0.1, -0.05) is 0 Å². The topological polar surface area (TPSA) is 40.9 Å². The molecule has 0 aromatic rings. The fourth-order valence-electron chi connectivity index (χ4n) is 0. The van der Waals surface area contributed by atoms with Crippen LogP contribution >= 0.6 is 0 Å². The van der Waals surface area contributed by atoms with Gasteiger partial charge in [0.05, 0.1) is 0 Å². The van der Waals surface area contributed by atoms with Gasteiger partial charge in [-0.3, -0.25) is 0 Å². The molecule has 0 unspecified atom stereocenters. The van der Waals surface area contributed by atoms with Crippen LogP contribution in [-0.4, -0.2) is 6.08 Å². The van der Waals surface area contributed by atoms with Crippen LogP contribution in [0.5, 0.6) is 0 Å². The summed E-state index contributed by atoms with van der Waals surface area (Å²) < 4.78 is 0. The zero-order valence-corrected chi connectivity index (χ0v) is 2.87. The molecule has 0 saturated heterocycles. The van der Waals surface area contributed by atoms with Gasteiger partial charge in [-0.25, -0.2) is 10.2 Å². The van der Waals surface area contributed by atoms with Crippen molar-refractivity contribution in [2.75, 3.05) is 0 Å². The zero-order valence-electron chi connectivity index (χ0n) is 1.76. The Balaban J connectivity index is 0. The Morgan fingerprint density at radius 2 is 1.75 bits per heavy atom. The smallest absolute Gasteiger partial charge is 0.222 e. The number of carbonyl (C=O) groups excluding carboxylic acids is 1. The zero-order chi connectivity index (χ0) is 2.71. The first-order valence-corrected chi connectivity index (χ1v) is 0.454. The number of isocyanates is 1. The third-order valence-corrected chi connectivity index (χ3v) is 0. The molecule has 0 amide bonds. The van der Waals surface area contributed by atoms with Gasteiger partial charge in [0.2, 0.25) is 6.08 Å². The minimum atomic E-state index is 0. The number of hydrogen-bond acceptors (Lipinski definition) is 2. The van der Waals surface area contributed by atoms with Crippen molar-refractivity contribution in [3.05, 3.63) is 0 Å². The van der Waals surface area contributed by atoms with Crippen molar-refractivity contribution in [3.8, 4) is 0 Å². The quantitative estimate of drug-likeness (QED) is 0.257. The molecule has 0 aliphatic rings. The molecular weight excluding hydrogens is 97.9 g/mol. The second kappa shape index (κ2) is 12.9. The van der Waals surface area contributed by atoms with E-state index in [0.29, 0.717) is 0 Å². The Labute approximate surface area is 34.2 Å². The maximum Gasteiger partial charge on any atom is 0.231 e. The van der Waals surface area contributed by atoms with Gasteiger partial charge in [0.15, 0.2) is 0 Å². The maximum atomic E-state index is 8.35. The average molecular weight is 98.9 g/mol. The summed E-state index contributed by atoms with van der Waals surface area (Å²) in [6.07, 6.45) is 0.750. The van der Waals surface area contributed by atoms with E-state index >= 15 is 0 Å². The Morgan fingerprint density at radius 1 is 1.75 bits per heavy atom. The van der Waals surface area contributed by atoms with E-state index < -0.39 is 0 Å². The van der Waals surface area contributed by atoms with Gasteiger partial charge in [-0.2, -0.15) is 0 Å². The molecule has 0 rings (SSSR count). The van der Waals surface area contributed by atoms with E-state index in [1.54, 1.807) is 0 Å². The van der Waals surface area contributed by atoms with Crippen molar-refractivity contribution in [2.45, 2.75) is 0 Å². The summed E-state index contributed by atoms with van der Waals surface area (Å²) in [5.41, 5.74) is 0. The van der Waals surface area contributed by atoms with Gasteiger partial charge in [0.1, 0.15) is 0 Å². The summed E-state index contributed by atoms with van der Waals surface area (Å²) in [5.74, 6) is 0. The van der Waals surface area contributed by atoms with Crippen LogP contribution < -0.4 is 0 Å². The standard InChI is InChI=1S/CHNO.Fe/c2-1-3;/h2H;. The molecule has 0 aromatic heterocycles. The summed E-state index contributed by atoms with van der Waals surface area (Å²) in [6, 6.07) is 0. The molecule has 0 aliphatic carbocycles. The van der Waals surface area contributed by atoms with Crippen LogP contribution in [0.25, 0.3) is 0 Å². The van der Waals surface area contributed by atoms with E-state index in [0.717, 1.165) is 6.08 Å². The van der Waals surface area contributed by atoms with Gasteiger partial charge in [-0.05, 0) is 0 Å². The molecule has 0 atom stereocenters. The fraction of sp³-hybridized carbons (Fsp3) is 0.